The number of hydrogen-bond acceptors (Lipinski definition) is 3. The fourth-order valence-electron chi connectivity index (χ4n) is 1.15. The van der Waals surface area contributed by atoms with Crippen LogP contribution in [0.5, 0.6) is 0 Å². The van der Waals surface area contributed by atoms with Gasteiger partial charge in [0.15, 0.2) is 11.9 Å². The second-order valence-corrected chi connectivity index (χ2v) is 4.27. The molecule has 1 aromatic carbocycles. The first-order valence-corrected chi connectivity index (χ1v) is 5.70. The van der Waals surface area contributed by atoms with Crippen LogP contribution in [0.4, 0.5) is 19.3 Å². The maximum atomic E-state index is 13.4. The van der Waals surface area contributed by atoms with Crippen LogP contribution in [0.25, 0.3) is 0 Å². The van der Waals surface area contributed by atoms with E-state index >= 15 is 0 Å². The van der Waals surface area contributed by atoms with E-state index in [1.54, 1.807) is 0 Å². The number of urea groups is 1. The topological polar surface area (TPSA) is 98.7 Å². The number of benzene rings is 1. The van der Waals surface area contributed by atoms with Gasteiger partial charge >= 0.3 is 12.0 Å². The molecule has 9 heteroatoms. The van der Waals surface area contributed by atoms with Gasteiger partial charge in [0.1, 0.15) is 5.82 Å². The van der Waals surface area contributed by atoms with Crippen molar-refractivity contribution in [2.45, 2.75) is 6.04 Å². The highest BCUT2D eigenvalue weighted by Gasteiger charge is 2.20. The van der Waals surface area contributed by atoms with Crippen LogP contribution in [0.2, 0.25) is 0 Å². The third-order valence-corrected chi connectivity index (χ3v) is 2.66. The van der Waals surface area contributed by atoms with Gasteiger partial charge in [0.05, 0.1) is 12.3 Å². The Morgan fingerprint density at radius 1 is 1.37 bits per heavy atom. The molecule has 104 valence electrons. The number of aliphatic carboxylic acids is 1. The van der Waals surface area contributed by atoms with E-state index in [4.69, 9.17) is 10.2 Å². The number of anilines is 1. The quantitative estimate of drug-likeness (QED) is 0.664. The second kappa shape index (κ2) is 6.43. The van der Waals surface area contributed by atoms with E-state index in [-0.39, 0.29) is 10.2 Å². The van der Waals surface area contributed by atoms with Crippen LogP contribution < -0.4 is 10.6 Å². The first kappa shape index (κ1) is 15.3. The molecule has 0 aliphatic rings. The fourth-order valence-corrected chi connectivity index (χ4v) is 1.66. The van der Waals surface area contributed by atoms with Crippen LogP contribution >= 0.6 is 15.9 Å². The molecular weight excluding hydrogens is 330 g/mol. The molecule has 0 aliphatic carbocycles. The molecule has 6 nitrogen and oxygen atoms in total. The fraction of sp³-hybridized carbons (Fsp3) is 0.200. The third-order valence-electron chi connectivity index (χ3n) is 2.03. The van der Waals surface area contributed by atoms with Crippen molar-refractivity contribution in [2.75, 3.05) is 11.9 Å². The van der Waals surface area contributed by atoms with Crippen molar-refractivity contribution in [1.82, 2.24) is 5.32 Å². The largest absolute Gasteiger partial charge is 0.480 e. The van der Waals surface area contributed by atoms with Crippen LogP contribution in [0.15, 0.2) is 16.6 Å². The molecule has 0 radical (unpaired) electrons. The molecule has 1 atom stereocenters. The maximum Gasteiger partial charge on any atom is 0.328 e. The van der Waals surface area contributed by atoms with Crippen molar-refractivity contribution in [1.29, 1.82) is 0 Å². The molecule has 0 saturated heterocycles. The van der Waals surface area contributed by atoms with Crippen molar-refractivity contribution in [3.63, 3.8) is 0 Å². The Morgan fingerprint density at radius 2 is 2.00 bits per heavy atom. The average molecular weight is 339 g/mol. The summed E-state index contributed by atoms with van der Waals surface area (Å²) in [6.45, 7) is -0.824. The van der Waals surface area contributed by atoms with E-state index in [2.05, 4.69) is 15.9 Å². The Hall–Kier alpha value is -1.74. The molecule has 1 rings (SSSR count). The highest BCUT2D eigenvalue weighted by Crippen LogP contribution is 2.26. The summed E-state index contributed by atoms with van der Waals surface area (Å²) >= 11 is 2.85. The van der Waals surface area contributed by atoms with E-state index in [1.807, 2.05) is 10.6 Å². The summed E-state index contributed by atoms with van der Waals surface area (Å²) in [5.41, 5.74) is -0.346. The van der Waals surface area contributed by atoms with Crippen molar-refractivity contribution in [2.24, 2.45) is 0 Å². The summed E-state index contributed by atoms with van der Waals surface area (Å²) < 4.78 is 26.1. The summed E-state index contributed by atoms with van der Waals surface area (Å²) in [6, 6.07) is -1.09. The van der Waals surface area contributed by atoms with Crippen molar-refractivity contribution < 1.29 is 28.6 Å². The summed E-state index contributed by atoms with van der Waals surface area (Å²) in [7, 11) is 0. The molecule has 0 bridgehead atoms. The molecule has 0 saturated carbocycles. The molecule has 1 aromatic rings. The molecule has 19 heavy (non-hydrogen) atoms. The second-order valence-electron chi connectivity index (χ2n) is 3.42. The van der Waals surface area contributed by atoms with Crippen LogP contribution in [-0.4, -0.2) is 34.9 Å². The zero-order valence-corrected chi connectivity index (χ0v) is 10.9. The number of carbonyl (C=O) groups is 2. The zero-order chi connectivity index (χ0) is 14.6. The lowest BCUT2D eigenvalue weighted by atomic mass is 10.3. The number of amides is 2. The van der Waals surface area contributed by atoms with Gasteiger partial charge in [0.25, 0.3) is 0 Å². The number of carboxylic acids is 1. The van der Waals surface area contributed by atoms with Crippen LogP contribution in [0, 0.1) is 11.6 Å². The lowest BCUT2D eigenvalue weighted by Gasteiger charge is -2.13. The zero-order valence-electron chi connectivity index (χ0n) is 9.28. The van der Waals surface area contributed by atoms with Gasteiger partial charge in [0, 0.05) is 10.5 Å². The molecule has 0 spiro atoms. The first-order valence-electron chi connectivity index (χ1n) is 4.91. The maximum absolute atomic E-state index is 13.4. The Labute approximate surface area is 114 Å². The number of carbonyl (C=O) groups excluding carboxylic acids is 1. The normalized spacial score (nSPS) is 11.8. The standard InChI is InChI=1S/C10H9BrF2N2O4/c11-5-1-4(12)2-6(13)8(5)15-10(19)14-7(3-16)9(17)18/h1-2,7,16H,3H2,(H,17,18)(H2,14,15,19)/t7-/m0/s1. The van der Waals surface area contributed by atoms with E-state index < -0.39 is 36.3 Å². The Kier molecular flexibility index (Phi) is 5.19. The first-order chi connectivity index (χ1) is 8.85. The summed E-state index contributed by atoms with van der Waals surface area (Å²) in [5.74, 6) is -3.32. The van der Waals surface area contributed by atoms with Crippen LogP contribution in [-0.2, 0) is 4.79 Å². The number of nitrogens with one attached hydrogen (secondary N) is 2. The monoisotopic (exact) mass is 338 g/mol. The minimum Gasteiger partial charge on any atom is -0.480 e. The predicted octanol–water partition coefficient (Wildman–Crippen LogP) is 1.29. The molecular formula is C10H9BrF2N2O4. The van der Waals surface area contributed by atoms with Crippen LogP contribution in [0.3, 0.4) is 0 Å². The molecule has 0 heterocycles. The number of rotatable bonds is 4. The Morgan fingerprint density at radius 3 is 2.47 bits per heavy atom. The molecule has 4 N–H and O–H groups in total. The van der Waals surface area contributed by atoms with Gasteiger partial charge in [-0.15, -0.1) is 0 Å². The van der Waals surface area contributed by atoms with Crippen molar-refractivity contribution in [3.8, 4) is 0 Å². The van der Waals surface area contributed by atoms with Gasteiger partial charge in [-0.25, -0.2) is 18.4 Å². The number of aliphatic hydroxyl groups excluding tert-OH is 1. The van der Waals surface area contributed by atoms with Gasteiger partial charge in [0.2, 0.25) is 0 Å². The molecule has 0 fully saturated rings. The number of aliphatic hydroxyl groups is 1. The lowest BCUT2D eigenvalue weighted by molar-refractivity contribution is -0.140. The predicted molar refractivity (Wildman–Crippen MR) is 64.7 cm³/mol. The summed E-state index contributed by atoms with van der Waals surface area (Å²) in [4.78, 5) is 22.0. The Bertz CT molecular complexity index is 489. The summed E-state index contributed by atoms with van der Waals surface area (Å²) in [6.07, 6.45) is 0. The van der Waals surface area contributed by atoms with Crippen LogP contribution in [0.1, 0.15) is 0 Å². The molecule has 2 amide bonds. The van der Waals surface area contributed by atoms with Gasteiger partial charge < -0.3 is 20.8 Å². The van der Waals surface area contributed by atoms with E-state index in [9.17, 15) is 18.4 Å². The van der Waals surface area contributed by atoms with Crippen molar-refractivity contribution in [3.05, 3.63) is 28.2 Å². The molecule has 0 unspecified atom stereocenters. The minimum atomic E-state index is -1.53. The summed E-state index contributed by atoms with van der Waals surface area (Å²) in [5, 5.41) is 21.2. The molecule has 0 aromatic heterocycles. The SMILES string of the molecule is O=C(Nc1c(F)cc(F)cc1Br)N[C@@H](CO)C(=O)O. The van der Waals surface area contributed by atoms with E-state index in [0.717, 1.165) is 6.07 Å². The average Bonchev–Trinajstić information content (AvgIpc) is 2.30. The van der Waals surface area contributed by atoms with Gasteiger partial charge in [-0.3, -0.25) is 0 Å². The van der Waals surface area contributed by atoms with Gasteiger partial charge in [-0.05, 0) is 22.0 Å². The van der Waals surface area contributed by atoms with Gasteiger partial charge in [-0.1, -0.05) is 0 Å². The molecule has 0 aliphatic heterocycles. The van der Waals surface area contributed by atoms with E-state index in [0.29, 0.717) is 6.07 Å². The van der Waals surface area contributed by atoms with Gasteiger partial charge in [-0.2, -0.15) is 0 Å². The number of halogens is 3. The number of hydrogen-bond donors (Lipinski definition) is 4. The third kappa shape index (κ3) is 4.14. The Balaban J connectivity index is 2.80. The highest BCUT2D eigenvalue weighted by molar-refractivity contribution is 9.10. The smallest absolute Gasteiger partial charge is 0.328 e. The number of carboxylic acid groups (broad SMARTS) is 1. The highest BCUT2D eigenvalue weighted by atomic mass is 79.9. The lowest BCUT2D eigenvalue weighted by Crippen LogP contribution is -2.45. The van der Waals surface area contributed by atoms with E-state index in [1.165, 1.54) is 0 Å². The van der Waals surface area contributed by atoms with Crippen molar-refractivity contribution >= 4 is 33.6 Å². The minimum absolute atomic E-state index is 0.0453.